The molecule has 0 aliphatic heterocycles. The fourth-order valence-corrected chi connectivity index (χ4v) is 1.39. The molecule has 1 N–H and O–H groups in total. The monoisotopic (exact) mass is 245 g/mol. The topological polar surface area (TPSA) is 38.3 Å². The van der Waals surface area contributed by atoms with E-state index in [2.05, 4.69) is 11.2 Å². The second-order valence-electron chi connectivity index (χ2n) is 5.00. The van der Waals surface area contributed by atoms with Crippen LogP contribution in [0.4, 0.5) is 0 Å². The van der Waals surface area contributed by atoms with Crippen LogP contribution in [0.5, 0.6) is 0 Å². The lowest BCUT2D eigenvalue weighted by Crippen LogP contribution is -2.40. The van der Waals surface area contributed by atoms with E-state index in [1.165, 1.54) is 0 Å². The van der Waals surface area contributed by atoms with Crippen LogP contribution in [0.3, 0.4) is 0 Å². The third kappa shape index (κ3) is 5.03. The van der Waals surface area contributed by atoms with Gasteiger partial charge in [-0.05, 0) is 26.3 Å². The van der Waals surface area contributed by atoms with Gasteiger partial charge < -0.3 is 4.74 Å². The van der Waals surface area contributed by atoms with E-state index in [0.29, 0.717) is 6.54 Å². The first-order valence-electron chi connectivity index (χ1n) is 5.88. The minimum Gasteiger partial charge on any atom is -0.458 e. The Morgan fingerprint density at radius 1 is 1.39 bits per heavy atom. The lowest BCUT2D eigenvalue weighted by atomic mass is 10.2. The number of carbonyl (C=O) groups excluding carboxylic acids is 1. The summed E-state index contributed by atoms with van der Waals surface area (Å²) < 4.78 is 5.24. The summed E-state index contributed by atoms with van der Waals surface area (Å²) >= 11 is 0. The Hall–Kier alpha value is -1.79. The Morgan fingerprint density at radius 3 is 2.50 bits per heavy atom. The maximum atomic E-state index is 11.8. The first kappa shape index (κ1) is 14.3. The number of nitrogens with one attached hydrogen (secondary N) is 1. The van der Waals surface area contributed by atoms with Crippen molar-refractivity contribution in [1.82, 2.24) is 5.32 Å². The molecular weight excluding hydrogens is 226 g/mol. The summed E-state index contributed by atoms with van der Waals surface area (Å²) in [5, 5.41) is 3.00. The molecule has 1 aromatic carbocycles. The maximum Gasteiger partial charge on any atom is 0.336 e. The van der Waals surface area contributed by atoms with Gasteiger partial charge in [-0.3, -0.25) is 5.32 Å². The fraction of sp³-hybridized carbons (Fsp3) is 0.400. The van der Waals surface area contributed by atoms with Crippen LogP contribution in [0.2, 0.25) is 0 Å². The molecule has 1 rings (SSSR count). The molecule has 1 atom stereocenters. The van der Waals surface area contributed by atoms with Crippen LogP contribution in [-0.4, -0.2) is 17.6 Å². The second-order valence-corrected chi connectivity index (χ2v) is 5.00. The number of hydrogen-bond donors (Lipinski definition) is 1. The van der Waals surface area contributed by atoms with E-state index >= 15 is 0 Å². The quantitative estimate of drug-likeness (QED) is 0.652. The van der Waals surface area contributed by atoms with Crippen molar-refractivity contribution < 1.29 is 9.53 Å². The molecule has 0 spiro atoms. The van der Waals surface area contributed by atoms with Gasteiger partial charge >= 0.3 is 5.97 Å². The van der Waals surface area contributed by atoms with Crippen molar-refractivity contribution in [1.29, 1.82) is 0 Å². The second kappa shape index (κ2) is 6.23. The third-order valence-corrected chi connectivity index (χ3v) is 2.16. The summed E-state index contributed by atoms with van der Waals surface area (Å²) in [5.74, 6) is 1.99. The molecule has 3 nitrogen and oxygen atoms in total. The predicted octanol–water partition coefficient (Wildman–Crippen LogP) is 2.12. The zero-order valence-corrected chi connectivity index (χ0v) is 11.1. The lowest BCUT2D eigenvalue weighted by molar-refractivity contribution is -0.155. The van der Waals surface area contributed by atoms with Gasteiger partial charge in [0.05, 0.1) is 0 Å². The number of benzene rings is 1. The number of rotatable bonds is 4. The average Bonchev–Trinajstić information content (AvgIpc) is 2.29. The number of carbonyl (C=O) groups is 1. The summed E-state index contributed by atoms with van der Waals surface area (Å²) in [7, 11) is 0. The third-order valence-electron chi connectivity index (χ3n) is 2.16. The van der Waals surface area contributed by atoms with Gasteiger partial charge in [-0.25, -0.2) is 4.79 Å². The van der Waals surface area contributed by atoms with Crippen LogP contribution in [0, 0.1) is 12.3 Å². The number of esters is 1. The van der Waals surface area contributed by atoms with Crippen LogP contribution in [0.1, 0.15) is 26.3 Å². The molecule has 0 saturated carbocycles. The van der Waals surface area contributed by atoms with Crippen LogP contribution in [0.25, 0.3) is 0 Å². The number of terminal acetylenes is 1. The van der Waals surface area contributed by atoms with Gasteiger partial charge in [-0.2, -0.15) is 0 Å². The zero-order chi connectivity index (χ0) is 13.6. The van der Waals surface area contributed by atoms with Crippen molar-refractivity contribution >= 4 is 5.97 Å². The molecule has 0 aliphatic rings. The van der Waals surface area contributed by atoms with Gasteiger partial charge in [0, 0.05) is 6.54 Å². The first-order valence-corrected chi connectivity index (χ1v) is 5.88. The summed E-state index contributed by atoms with van der Waals surface area (Å²) in [5.41, 5.74) is 0.543. The summed E-state index contributed by atoms with van der Waals surface area (Å²) in [6.45, 7) is 5.98. The van der Waals surface area contributed by atoms with Crippen molar-refractivity contribution in [3.8, 4) is 12.3 Å². The van der Waals surface area contributed by atoms with Gasteiger partial charge in [0.1, 0.15) is 5.60 Å². The van der Waals surface area contributed by atoms with Crippen LogP contribution in [-0.2, 0) is 16.1 Å². The van der Waals surface area contributed by atoms with E-state index in [9.17, 15) is 4.79 Å². The zero-order valence-electron chi connectivity index (χ0n) is 11.1. The van der Waals surface area contributed by atoms with E-state index in [1.54, 1.807) is 0 Å². The van der Waals surface area contributed by atoms with Gasteiger partial charge in [0.2, 0.25) is 0 Å². The van der Waals surface area contributed by atoms with Gasteiger partial charge in [-0.15, -0.1) is 6.42 Å². The van der Waals surface area contributed by atoms with E-state index in [1.807, 2.05) is 51.1 Å². The van der Waals surface area contributed by atoms with Crippen molar-refractivity contribution in [2.75, 3.05) is 0 Å². The van der Waals surface area contributed by atoms with Gasteiger partial charge in [0.15, 0.2) is 6.04 Å². The fourth-order valence-electron chi connectivity index (χ4n) is 1.39. The van der Waals surface area contributed by atoms with E-state index < -0.39 is 17.6 Å². The molecular formula is C15H19NO2. The van der Waals surface area contributed by atoms with E-state index in [0.717, 1.165) is 5.56 Å². The molecule has 0 fully saturated rings. The summed E-state index contributed by atoms with van der Waals surface area (Å²) in [6.07, 6.45) is 5.34. The first-order chi connectivity index (χ1) is 8.42. The molecule has 1 aromatic rings. The molecule has 0 radical (unpaired) electrons. The van der Waals surface area contributed by atoms with Crippen LogP contribution >= 0.6 is 0 Å². The Bertz CT molecular complexity index is 426. The normalized spacial score (nSPS) is 12.6. The highest BCUT2D eigenvalue weighted by atomic mass is 16.6. The molecule has 0 saturated heterocycles. The SMILES string of the molecule is C#CC(NCc1ccccc1)C(=O)OC(C)(C)C. The number of hydrogen-bond acceptors (Lipinski definition) is 3. The highest BCUT2D eigenvalue weighted by Gasteiger charge is 2.22. The van der Waals surface area contributed by atoms with E-state index in [4.69, 9.17) is 11.2 Å². The van der Waals surface area contributed by atoms with E-state index in [-0.39, 0.29) is 0 Å². The predicted molar refractivity (Wildman–Crippen MR) is 71.7 cm³/mol. The van der Waals surface area contributed by atoms with Crippen molar-refractivity contribution in [2.45, 2.75) is 39.0 Å². The Morgan fingerprint density at radius 2 is 2.00 bits per heavy atom. The highest BCUT2D eigenvalue weighted by molar-refractivity contribution is 5.79. The summed E-state index contributed by atoms with van der Waals surface area (Å²) in [4.78, 5) is 11.8. The van der Waals surface area contributed by atoms with Gasteiger partial charge in [0.25, 0.3) is 0 Å². The van der Waals surface area contributed by atoms with Crippen molar-refractivity contribution in [3.05, 3.63) is 35.9 Å². The molecule has 3 heteroatoms. The van der Waals surface area contributed by atoms with Crippen molar-refractivity contribution in [3.63, 3.8) is 0 Å². The minimum absolute atomic E-state index is 0.416. The standard InChI is InChI=1S/C15H19NO2/c1-5-13(14(17)18-15(2,3)4)16-11-12-9-7-6-8-10-12/h1,6-10,13,16H,11H2,2-4H3. The van der Waals surface area contributed by atoms with Crippen molar-refractivity contribution in [2.24, 2.45) is 0 Å². The number of ether oxygens (including phenoxy) is 1. The molecule has 0 aliphatic carbocycles. The summed E-state index contributed by atoms with van der Waals surface area (Å²) in [6, 6.07) is 9.04. The molecule has 1 unspecified atom stereocenters. The minimum atomic E-state index is -0.718. The molecule has 0 aromatic heterocycles. The molecule has 0 bridgehead atoms. The Kier molecular flexibility index (Phi) is 4.94. The smallest absolute Gasteiger partial charge is 0.336 e. The average molecular weight is 245 g/mol. The lowest BCUT2D eigenvalue weighted by Gasteiger charge is -2.22. The largest absolute Gasteiger partial charge is 0.458 e. The molecule has 0 amide bonds. The maximum absolute atomic E-state index is 11.8. The molecule has 0 heterocycles. The van der Waals surface area contributed by atoms with Crippen LogP contribution in [0.15, 0.2) is 30.3 Å². The highest BCUT2D eigenvalue weighted by Crippen LogP contribution is 2.08. The van der Waals surface area contributed by atoms with Crippen LogP contribution < -0.4 is 5.32 Å². The molecule has 18 heavy (non-hydrogen) atoms. The van der Waals surface area contributed by atoms with Gasteiger partial charge in [-0.1, -0.05) is 36.3 Å². The Balaban J connectivity index is 2.53. The Labute approximate surface area is 109 Å². The molecule has 96 valence electrons.